The summed E-state index contributed by atoms with van der Waals surface area (Å²) >= 11 is 0. The van der Waals surface area contributed by atoms with Crippen molar-refractivity contribution in [3.05, 3.63) is 29.3 Å². The van der Waals surface area contributed by atoms with Crippen LogP contribution in [0.3, 0.4) is 0 Å². The van der Waals surface area contributed by atoms with Crippen LogP contribution in [0.1, 0.15) is 30.4 Å². The molecule has 2 atom stereocenters. The van der Waals surface area contributed by atoms with Crippen molar-refractivity contribution in [1.82, 2.24) is 0 Å². The molecule has 1 aromatic carbocycles. The Hall–Kier alpha value is -1.88. The van der Waals surface area contributed by atoms with E-state index >= 15 is 0 Å². The maximum atomic E-state index is 12.1. The molecular weight excluding hydrogens is 270 g/mol. The highest BCUT2D eigenvalue weighted by atomic mass is 16.5. The molecule has 1 aliphatic rings. The highest BCUT2D eigenvalue weighted by molar-refractivity contribution is 5.93. The quantitative estimate of drug-likeness (QED) is 0.874. The molecule has 0 aromatic heterocycles. The molecule has 1 aromatic rings. The standard InChI is InChI=1S/C16H21NO4/c1-10-6-11(2)8-12(7-10)17-15(18)9-13(16(19)20)14-4-3-5-21-14/h6-8,13-14H,3-5,9H2,1-2H3,(H,17,18)(H,19,20)/t13-,14+/m1/s1. The summed E-state index contributed by atoms with van der Waals surface area (Å²) in [4.78, 5) is 23.4. The molecule has 0 saturated carbocycles. The lowest BCUT2D eigenvalue weighted by atomic mass is 9.96. The fourth-order valence-electron chi connectivity index (χ4n) is 2.76. The average Bonchev–Trinajstić information content (AvgIpc) is 2.87. The molecule has 1 heterocycles. The average molecular weight is 291 g/mol. The first-order valence-corrected chi connectivity index (χ1v) is 7.18. The third-order valence-corrected chi connectivity index (χ3v) is 3.64. The van der Waals surface area contributed by atoms with Gasteiger partial charge in [0.2, 0.25) is 5.91 Å². The summed E-state index contributed by atoms with van der Waals surface area (Å²) in [6.07, 6.45) is 1.14. The lowest BCUT2D eigenvalue weighted by Crippen LogP contribution is -2.31. The summed E-state index contributed by atoms with van der Waals surface area (Å²) in [6, 6.07) is 5.75. The van der Waals surface area contributed by atoms with E-state index in [9.17, 15) is 14.7 Å². The predicted octanol–water partition coefficient (Wildman–Crippen LogP) is 2.51. The SMILES string of the molecule is Cc1cc(C)cc(NC(=O)C[C@@H](C(=O)O)[C@@H]2CCCO2)c1. The Labute approximate surface area is 124 Å². The van der Waals surface area contributed by atoms with Gasteiger partial charge in [0.25, 0.3) is 0 Å². The third-order valence-electron chi connectivity index (χ3n) is 3.64. The summed E-state index contributed by atoms with van der Waals surface area (Å²) < 4.78 is 5.40. The Morgan fingerprint density at radius 3 is 2.52 bits per heavy atom. The topological polar surface area (TPSA) is 75.6 Å². The molecule has 21 heavy (non-hydrogen) atoms. The van der Waals surface area contributed by atoms with Gasteiger partial charge in [-0.05, 0) is 49.9 Å². The monoisotopic (exact) mass is 291 g/mol. The number of benzene rings is 1. The second kappa shape index (κ2) is 6.72. The van der Waals surface area contributed by atoms with Gasteiger partial charge in [-0.2, -0.15) is 0 Å². The van der Waals surface area contributed by atoms with Crippen molar-refractivity contribution in [3.8, 4) is 0 Å². The molecule has 2 N–H and O–H groups in total. The van der Waals surface area contributed by atoms with Gasteiger partial charge in [-0.15, -0.1) is 0 Å². The largest absolute Gasteiger partial charge is 0.481 e. The number of anilines is 1. The zero-order valence-corrected chi connectivity index (χ0v) is 12.4. The molecule has 1 amide bonds. The molecular formula is C16H21NO4. The Morgan fingerprint density at radius 1 is 1.33 bits per heavy atom. The molecule has 5 heteroatoms. The number of amides is 1. The third kappa shape index (κ3) is 4.29. The van der Waals surface area contributed by atoms with E-state index in [-0.39, 0.29) is 18.4 Å². The van der Waals surface area contributed by atoms with Gasteiger partial charge >= 0.3 is 5.97 Å². The Bertz CT molecular complexity index is 515. The summed E-state index contributed by atoms with van der Waals surface area (Å²) in [5.41, 5.74) is 2.81. The van der Waals surface area contributed by atoms with Crippen LogP contribution in [0, 0.1) is 19.8 Å². The minimum atomic E-state index is -0.975. The van der Waals surface area contributed by atoms with Crippen LogP contribution in [0.2, 0.25) is 0 Å². The molecule has 2 rings (SSSR count). The van der Waals surface area contributed by atoms with Crippen molar-refractivity contribution in [2.45, 2.75) is 39.2 Å². The Kier molecular flexibility index (Phi) is 4.96. The molecule has 0 aliphatic carbocycles. The summed E-state index contributed by atoms with van der Waals surface area (Å²) in [6.45, 7) is 4.48. The van der Waals surface area contributed by atoms with Gasteiger partial charge in [-0.25, -0.2) is 0 Å². The van der Waals surface area contributed by atoms with E-state index in [0.717, 1.165) is 17.5 Å². The minimum Gasteiger partial charge on any atom is -0.481 e. The summed E-state index contributed by atoms with van der Waals surface area (Å²) in [5, 5.41) is 12.1. The van der Waals surface area contributed by atoms with Gasteiger partial charge < -0.3 is 15.2 Å². The van der Waals surface area contributed by atoms with Crippen molar-refractivity contribution >= 4 is 17.6 Å². The van der Waals surface area contributed by atoms with Crippen LogP contribution in [0.5, 0.6) is 0 Å². The number of carbonyl (C=O) groups excluding carboxylic acids is 1. The normalized spacial score (nSPS) is 19.2. The van der Waals surface area contributed by atoms with Gasteiger partial charge in [-0.3, -0.25) is 9.59 Å². The van der Waals surface area contributed by atoms with E-state index in [1.165, 1.54) is 0 Å². The Balaban J connectivity index is 2.00. The highest BCUT2D eigenvalue weighted by Gasteiger charge is 2.33. The molecule has 0 spiro atoms. The zero-order chi connectivity index (χ0) is 15.4. The number of carboxylic acid groups (broad SMARTS) is 1. The number of aliphatic carboxylic acids is 1. The lowest BCUT2D eigenvalue weighted by Gasteiger charge is -2.18. The second-order valence-corrected chi connectivity index (χ2v) is 5.62. The molecule has 0 radical (unpaired) electrons. The number of hydrogen-bond donors (Lipinski definition) is 2. The molecule has 5 nitrogen and oxygen atoms in total. The Morgan fingerprint density at radius 2 is 2.00 bits per heavy atom. The van der Waals surface area contributed by atoms with Crippen molar-refractivity contribution in [2.24, 2.45) is 5.92 Å². The number of rotatable bonds is 5. The summed E-state index contributed by atoms with van der Waals surface area (Å²) in [7, 11) is 0. The van der Waals surface area contributed by atoms with Crippen molar-refractivity contribution < 1.29 is 19.4 Å². The zero-order valence-electron chi connectivity index (χ0n) is 12.4. The molecule has 114 valence electrons. The van der Waals surface area contributed by atoms with Crippen LogP contribution < -0.4 is 5.32 Å². The van der Waals surface area contributed by atoms with Crippen LogP contribution in [-0.2, 0) is 14.3 Å². The molecule has 1 aliphatic heterocycles. The van der Waals surface area contributed by atoms with Gasteiger partial charge in [0.05, 0.1) is 12.0 Å². The number of carbonyl (C=O) groups is 2. The van der Waals surface area contributed by atoms with E-state index in [1.807, 2.05) is 32.0 Å². The fraction of sp³-hybridized carbons (Fsp3) is 0.500. The van der Waals surface area contributed by atoms with E-state index in [4.69, 9.17) is 4.74 Å². The molecule has 0 unspecified atom stereocenters. The maximum absolute atomic E-state index is 12.1. The van der Waals surface area contributed by atoms with Crippen LogP contribution >= 0.6 is 0 Å². The van der Waals surface area contributed by atoms with Gasteiger partial charge in [0.15, 0.2) is 0 Å². The molecule has 0 bridgehead atoms. The fourth-order valence-corrected chi connectivity index (χ4v) is 2.76. The van der Waals surface area contributed by atoms with Crippen molar-refractivity contribution in [3.63, 3.8) is 0 Å². The van der Waals surface area contributed by atoms with E-state index in [0.29, 0.717) is 18.7 Å². The van der Waals surface area contributed by atoms with Crippen LogP contribution in [-0.4, -0.2) is 29.7 Å². The molecule has 1 fully saturated rings. The maximum Gasteiger partial charge on any atom is 0.309 e. The highest BCUT2D eigenvalue weighted by Crippen LogP contribution is 2.24. The second-order valence-electron chi connectivity index (χ2n) is 5.62. The first-order chi connectivity index (χ1) is 9.95. The number of ether oxygens (including phenoxy) is 1. The number of nitrogens with one attached hydrogen (secondary N) is 1. The smallest absolute Gasteiger partial charge is 0.309 e. The van der Waals surface area contributed by atoms with Gasteiger partial charge in [0.1, 0.15) is 0 Å². The van der Waals surface area contributed by atoms with E-state index in [1.54, 1.807) is 0 Å². The first-order valence-electron chi connectivity index (χ1n) is 7.18. The van der Waals surface area contributed by atoms with Crippen LogP contribution in [0.15, 0.2) is 18.2 Å². The van der Waals surface area contributed by atoms with Crippen molar-refractivity contribution in [2.75, 3.05) is 11.9 Å². The minimum absolute atomic E-state index is 0.0625. The van der Waals surface area contributed by atoms with Crippen LogP contribution in [0.4, 0.5) is 5.69 Å². The van der Waals surface area contributed by atoms with Gasteiger partial charge in [-0.1, -0.05) is 6.07 Å². The van der Waals surface area contributed by atoms with Crippen LogP contribution in [0.25, 0.3) is 0 Å². The first kappa shape index (κ1) is 15.5. The lowest BCUT2D eigenvalue weighted by molar-refractivity contribution is -0.148. The predicted molar refractivity (Wildman–Crippen MR) is 79.3 cm³/mol. The van der Waals surface area contributed by atoms with E-state index in [2.05, 4.69) is 5.32 Å². The number of aryl methyl sites for hydroxylation is 2. The van der Waals surface area contributed by atoms with Gasteiger partial charge in [0, 0.05) is 18.7 Å². The van der Waals surface area contributed by atoms with E-state index < -0.39 is 11.9 Å². The van der Waals surface area contributed by atoms with Crippen molar-refractivity contribution in [1.29, 1.82) is 0 Å². The number of hydrogen-bond acceptors (Lipinski definition) is 3. The number of carboxylic acids is 1. The molecule has 1 saturated heterocycles. The summed E-state index contributed by atoms with van der Waals surface area (Å²) in [5.74, 6) is -2.04.